The molecule has 0 spiro atoms. The predicted molar refractivity (Wildman–Crippen MR) is 94.8 cm³/mol. The number of hydrogen-bond donors (Lipinski definition) is 1. The van der Waals surface area contributed by atoms with Crippen LogP contribution in [0.1, 0.15) is 12.5 Å². The molecule has 0 aliphatic rings. The lowest BCUT2D eigenvalue weighted by atomic mass is 10.2. The molecular formula is C19H21NO4. The van der Waals surface area contributed by atoms with E-state index < -0.39 is 0 Å². The average Bonchev–Trinajstić information content (AvgIpc) is 2.61. The van der Waals surface area contributed by atoms with Gasteiger partial charge in [-0.3, -0.25) is 4.79 Å². The van der Waals surface area contributed by atoms with Crippen LogP contribution >= 0.6 is 0 Å². The first kappa shape index (κ1) is 17.4. The van der Waals surface area contributed by atoms with E-state index in [-0.39, 0.29) is 5.91 Å². The number of rotatable bonds is 7. The largest absolute Gasteiger partial charge is 0.493 e. The molecule has 1 N–H and O–H groups in total. The molecule has 0 heterocycles. The molecule has 2 aromatic rings. The number of nitrogens with one attached hydrogen (secondary N) is 1. The van der Waals surface area contributed by atoms with Crippen molar-refractivity contribution in [2.24, 2.45) is 0 Å². The topological polar surface area (TPSA) is 56.8 Å². The van der Waals surface area contributed by atoms with Crippen molar-refractivity contribution in [1.82, 2.24) is 0 Å². The normalized spacial score (nSPS) is 10.5. The fourth-order valence-corrected chi connectivity index (χ4v) is 2.15. The second-order valence-electron chi connectivity index (χ2n) is 4.87. The number of amides is 1. The van der Waals surface area contributed by atoms with Crippen LogP contribution in [-0.4, -0.2) is 26.7 Å². The van der Waals surface area contributed by atoms with Crippen molar-refractivity contribution in [3.05, 3.63) is 54.1 Å². The second-order valence-corrected chi connectivity index (χ2v) is 4.87. The molecule has 5 nitrogen and oxygen atoms in total. The lowest BCUT2D eigenvalue weighted by Gasteiger charge is -2.10. The Kier molecular flexibility index (Phi) is 6.25. The maximum absolute atomic E-state index is 12.1. The number of carbonyl (C=O) groups excluding carboxylic acids is 1. The van der Waals surface area contributed by atoms with Crippen LogP contribution in [0.4, 0.5) is 5.69 Å². The number of benzene rings is 2. The van der Waals surface area contributed by atoms with Gasteiger partial charge in [0.05, 0.1) is 26.5 Å². The van der Waals surface area contributed by atoms with E-state index in [0.717, 1.165) is 5.56 Å². The summed E-state index contributed by atoms with van der Waals surface area (Å²) in [4.78, 5) is 12.1. The summed E-state index contributed by atoms with van der Waals surface area (Å²) < 4.78 is 15.9. The minimum Gasteiger partial charge on any atom is -0.493 e. The SMILES string of the molecule is CCOc1ccccc1NC(=O)/C=C/c1ccc(OC)c(OC)c1. The second kappa shape index (κ2) is 8.62. The molecule has 0 radical (unpaired) electrons. The first-order chi connectivity index (χ1) is 11.7. The first-order valence-electron chi connectivity index (χ1n) is 7.60. The highest BCUT2D eigenvalue weighted by molar-refractivity contribution is 6.02. The Morgan fingerprint density at radius 3 is 2.50 bits per heavy atom. The minimum absolute atomic E-state index is 0.239. The number of hydrogen-bond acceptors (Lipinski definition) is 4. The van der Waals surface area contributed by atoms with Gasteiger partial charge in [-0.15, -0.1) is 0 Å². The maximum atomic E-state index is 12.1. The Morgan fingerprint density at radius 1 is 1.04 bits per heavy atom. The van der Waals surface area contributed by atoms with Crippen LogP contribution in [0.15, 0.2) is 48.5 Å². The van der Waals surface area contributed by atoms with E-state index in [4.69, 9.17) is 14.2 Å². The van der Waals surface area contributed by atoms with Gasteiger partial charge in [0.15, 0.2) is 11.5 Å². The van der Waals surface area contributed by atoms with Gasteiger partial charge < -0.3 is 19.5 Å². The fourth-order valence-electron chi connectivity index (χ4n) is 2.15. The van der Waals surface area contributed by atoms with Crippen molar-refractivity contribution >= 4 is 17.7 Å². The summed E-state index contributed by atoms with van der Waals surface area (Å²) in [5.74, 6) is 1.66. The fraction of sp³-hybridized carbons (Fsp3) is 0.211. The summed E-state index contributed by atoms with van der Waals surface area (Å²) in [6.07, 6.45) is 3.17. The molecule has 126 valence electrons. The van der Waals surface area contributed by atoms with Gasteiger partial charge in [-0.1, -0.05) is 18.2 Å². The quantitative estimate of drug-likeness (QED) is 0.787. The smallest absolute Gasteiger partial charge is 0.248 e. The highest BCUT2D eigenvalue weighted by atomic mass is 16.5. The molecule has 0 aliphatic heterocycles. The number of ether oxygens (including phenoxy) is 3. The minimum atomic E-state index is -0.239. The third kappa shape index (κ3) is 4.52. The molecule has 0 aliphatic carbocycles. The van der Waals surface area contributed by atoms with E-state index in [9.17, 15) is 4.79 Å². The summed E-state index contributed by atoms with van der Waals surface area (Å²) in [5.41, 5.74) is 1.47. The van der Waals surface area contributed by atoms with Gasteiger partial charge in [-0.25, -0.2) is 0 Å². The van der Waals surface area contributed by atoms with Gasteiger partial charge in [0.25, 0.3) is 0 Å². The number of para-hydroxylation sites is 2. The molecule has 0 atom stereocenters. The Hall–Kier alpha value is -2.95. The molecule has 0 saturated carbocycles. The monoisotopic (exact) mass is 327 g/mol. The van der Waals surface area contributed by atoms with Gasteiger partial charge in [-0.05, 0) is 42.8 Å². The Morgan fingerprint density at radius 2 is 1.79 bits per heavy atom. The molecule has 0 bridgehead atoms. The standard InChI is InChI=1S/C19H21NO4/c1-4-24-16-8-6-5-7-15(16)20-19(21)12-10-14-9-11-17(22-2)18(13-14)23-3/h5-13H,4H2,1-3H3,(H,20,21)/b12-10+. The van der Waals surface area contributed by atoms with Crippen molar-refractivity contribution < 1.29 is 19.0 Å². The van der Waals surface area contributed by atoms with Gasteiger partial charge in [0.2, 0.25) is 5.91 Å². The zero-order valence-corrected chi connectivity index (χ0v) is 14.0. The van der Waals surface area contributed by atoms with Crippen LogP contribution in [0.25, 0.3) is 6.08 Å². The third-order valence-corrected chi connectivity index (χ3v) is 3.28. The Bertz CT molecular complexity index is 725. The van der Waals surface area contributed by atoms with Gasteiger partial charge in [0, 0.05) is 6.08 Å². The molecule has 2 aromatic carbocycles. The lowest BCUT2D eigenvalue weighted by Crippen LogP contribution is -2.09. The van der Waals surface area contributed by atoms with Crippen LogP contribution < -0.4 is 19.5 Å². The number of carbonyl (C=O) groups is 1. The molecular weight excluding hydrogens is 306 g/mol. The Labute approximate surface area is 141 Å². The summed E-state index contributed by atoms with van der Waals surface area (Å²) in [7, 11) is 3.15. The maximum Gasteiger partial charge on any atom is 0.248 e. The van der Waals surface area contributed by atoms with E-state index >= 15 is 0 Å². The predicted octanol–water partition coefficient (Wildman–Crippen LogP) is 3.75. The van der Waals surface area contributed by atoms with E-state index in [0.29, 0.717) is 29.5 Å². The molecule has 0 saturated heterocycles. The van der Waals surface area contributed by atoms with Crippen molar-refractivity contribution in [2.45, 2.75) is 6.92 Å². The van der Waals surface area contributed by atoms with Crippen LogP contribution in [0.2, 0.25) is 0 Å². The zero-order chi connectivity index (χ0) is 17.4. The lowest BCUT2D eigenvalue weighted by molar-refractivity contribution is -0.111. The Balaban J connectivity index is 2.08. The van der Waals surface area contributed by atoms with E-state index in [1.54, 1.807) is 38.5 Å². The molecule has 0 fully saturated rings. The summed E-state index contributed by atoms with van der Waals surface area (Å²) in [6.45, 7) is 2.43. The zero-order valence-electron chi connectivity index (χ0n) is 14.0. The molecule has 24 heavy (non-hydrogen) atoms. The van der Waals surface area contributed by atoms with Crippen LogP contribution in [-0.2, 0) is 4.79 Å². The van der Waals surface area contributed by atoms with Gasteiger partial charge >= 0.3 is 0 Å². The first-order valence-corrected chi connectivity index (χ1v) is 7.60. The van der Waals surface area contributed by atoms with Crippen molar-refractivity contribution in [3.8, 4) is 17.2 Å². The van der Waals surface area contributed by atoms with Crippen molar-refractivity contribution in [2.75, 3.05) is 26.1 Å². The summed E-state index contributed by atoms with van der Waals surface area (Å²) in [5, 5.41) is 2.81. The van der Waals surface area contributed by atoms with Gasteiger partial charge in [0.1, 0.15) is 5.75 Å². The highest BCUT2D eigenvalue weighted by Gasteiger charge is 2.06. The van der Waals surface area contributed by atoms with Crippen molar-refractivity contribution in [3.63, 3.8) is 0 Å². The van der Waals surface area contributed by atoms with Crippen LogP contribution in [0, 0.1) is 0 Å². The molecule has 2 rings (SSSR count). The number of methoxy groups -OCH3 is 2. The van der Waals surface area contributed by atoms with Crippen LogP contribution in [0.5, 0.6) is 17.2 Å². The highest BCUT2D eigenvalue weighted by Crippen LogP contribution is 2.28. The van der Waals surface area contributed by atoms with E-state index in [1.807, 2.05) is 31.2 Å². The summed E-state index contributed by atoms with van der Waals surface area (Å²) in [6, 6.07) is 12.8. The molecule has 0 unspecified atom stereocenters. The summed E-state index contributed by atoms with van der Waals surface area (Å²) >= 11 is 0. The third-order valence-electron chi connectivity index (χ3n) is 3.28. The molecule has 5 heteroatoms. The molecule has 0 aromatic heterocycles. The number of anilines is 1. The molecule has 1 amide bonds. The average molecular weight is 327 g/mol. The van der Waals surface area contributed by atoms with E-state index in [2.05, 4.69) is 5.32 Å². The van der Waals surface area contributed by atoms with Gasteiger partial charge in [-0.2, -0.15) is 0 Å². The van der Waals surface area contributed by atoms with Crippen molar-refractivity contribution in [1.29, 1.82) is 0 Å². The van der Waals surface area contributed by atoms with Crippen LogP contribution in [0.3, 0.4) is 0 Å². The van der Waals surface area contributed by atoms with E-state index in [1.165, 1.54) is 6.08 Å².